The second kappa shape index (κ2) is 7.23. The van der Waals surface area contributed by atoms with Crippen molar-refractivity contribution < 1.29 is 9.18 Å². The Morgan fingerprint density at radius 3 is 2.63 bits per heavy atom. The number of hydrazone groups is 1. The highest BCUT2D eigenvalue weighted by Gasteiger charge is 2.29. The predicted octanol–water partition coefficient (Wildman–Crippen LogP) is 4.61. The van der Waals surface area contributed by atoms with Crippen LogP contribution in [0, 0.1) is 5.82 Å². The normalized spacial score (nSPS) is 15.3. The second-order valence-corrected chi connectivity index (χ2v) is 7.12. The van der Waals surface area contributed by atoms with E-state index in [4.69, 9.17) is 0 Å². The number of fused-ring (bicyclic) bond motifs is 1. The van der Waals surface area contributed by atoms with Crippen LogP contribution in [0.1, 0.15) is 31.9 Å². The average molecular weight is 366 g/mol. The molecule has 0 aromatic heterocycles. The van der Waals surface area contributed by atoms with Crippen molar-refractivity contribution in [1.29, 1.82) is 0 Å². The van der Waals surface area contributed by atoms with E-state index < -0.39 is 6.03 Å². The Kier molecular flexibility index (Phi) is 4.99. The Hall–Kier alpha value is -3.15. The predicted molar refractivity (Wildman–Crippen MR) is 109 cm³/mol. The number of carbonyl (C=O) groups is 1. The average Bonchev–Trinajstić information content (AvgIpc) is 2.61. The number of halogens is 1. The third kappa shape index (κ3) is 4.00. The van der Waals surface area contributed by atoms with E-state index in [0.29, 0.717) is 11.3 Å². The Morgan fingerprint density at radius 2 is 1.93 bits per heavy atom. The summed E-state index contributed by atoms with van der Waals surface area (Å²) in [5.41, 5.74) is 6.00. The zero-order valence-corrected chi connectivity index (χ0v) is 15.9. The maximum atomic E-state index is 14.5. The van der Waals surface area contributed by atoms with E-state index in [2.05, 4.69) is 35.8 Å². The van der Waals surface area contributed by atoms with Crippen LogP contribution in [0.3, 0.4) is 0 Å². The van der Waals surface area contributed by atoms with Gasteiger partial charge in [-0.2, -0.15) is 5.10 Å². The van der Waals surface area contributed by atoms with E-state index in [0.717, 1.165) is 16.8 Å². The summed E-state index contributed by atoms with van der Waals surface area (Å²) < 4.78 is 14.5. The molecule has 2 aromatic rings. The molecular weight excluding hydrogens is 343 g/mol. The van der Waals surface area contributed by atoms with Gasteiger partial charge < -0.3 is 10.2 Å². The molecule has 0 saturated carbocycles. The fourth-order valence-electron chi connectivity index (χ4n) is 3.13. The quantitative estimate of drug-likeness (QED) is 0.615. The highest BCUT2D eigenvalue weighted by Crippen LogP contribution is 2.38. The number of rotatable bonds is 3. The molecule has 27 heavy (non-hydrogen) atoms. The number of carbonyl (C=O) groups excluding carboxylic acids is 1. The van der Waals surface area contributed by atoms with Crippen molar-refractivity contribution in [2.45, 2.75) is 26.3 Å². The van der Waals surface area contributed by atoms with Gasteiger partial charge in [-0.05, 0) is 50.6 Å². The zero-order valence-electron chi connectivity index (χ0n) is 15.9. The first-order valence-electron chi connectivity index (χ1n) is 8.70. The summed E-state index contributed by atoms with van der Waals surface area (Å²) in [6.07, 6.45) is 3.47. The van der Waals surface area contributed by atoms with E-state index >= 15 is 0 Å². The van der Waals surface area contributed by atoms with Gasteiger partial charge in [-0.15, -0.1) is 0 Å². The smallest absolute Gasteiger partial charge is 0.339 e. The Labute approximate surface area is 158 Å². The summed E-state index contributed by atoms with van der Waals surface area (Å²) in [6, 6.07) is 11.8. The van der Waals surface area contributed by atoms with Crippen LogP contribution in [-0.4, -0.2) is 24.8 Å². The molecule has 6 heteroatoms. The Bertz CT molecular complexity index is 919. The summed E-state index contributed by atoms with van der Waals surface area (Å²) in [4.78, 5) is 13.9. The van der Waals surface area contributed by atoms with Crippen LogP contribution in [0.15, 0.2) is 53.6 Å². The van der Waals surface area contributed by atoms with E-state index in [1.165, 1.54) is 12.3 Å². The van der Waals surface area contributed by atoms with Crippen LogP contribution >= 0.6 is 0 Å². The maximum Gasteiger partial charge on any atom is 0.339 e. The fraction of sp³-hybridized carbons (Fsp3) is 0.238. The summed E-state index contributed by atoms with van der Waals surface area (Å²) in [5.74, 6) is -0.389. The maximum absolute atomic E-state index is 14.5. The molecule has 1 heterocycles. The van der Waals surface area contributed by atoms with Crippen LogP contribution in [0.5, 0.6) is 0 Å². The lowest BCUT2D eigenvalue weighted by Crippen LogP contribution is -2.42. The first kappa shape index (κ1) is 18.6. The van der Waals surface area contributed by atoms with Crippen LogP contribution in [0.4, 0.5) is 20.6 Å². The first-order chi connectivity index (χ1) is 12.8. The van der Waals surface area contributed by atoms with Crippen LogP contribution in [-0.2, 0) is 0 Å². The SMILES string of the molecule is CC1=CC(C)(C)N(C)c2cc(F)c(/C=N/NC(=O)Nc3ccccc3)cc21. The van der Waals surface area contributed by atoms with Gasteiger partial charge in [0.1, 0.15) is 5.82 Å². The lowest BCUT2D eigenvalue weighted by Gasteiger charge is -2.40. The molecule has 0 spiro atoms. The van der Waals surface area contributed by atoms with Crippen molar-refractivity contribution in [3.8, 4) is 0 Å². The number of likely N-dealkylation sites (N-methyl/N-ethyl adjacent to an activating group) is 1. The molecule has 2 amide bonds. The number of urea groups is 1. The summed E-state index contributed by atoms with van der Waals surface area (Å²) in [5, 5.41) is 6.50. The summed E-state index contributed by atoms with van der Waals surface area (Å²) in [6.45, 7) is 6.18. The fourth-order valence-corrected chi connectivity index (χ4v) is 3.13. The van der Waals surface area contributed by atoms with Crippen molar-refractivity contribution in [2.24, 2.45) is 5.10 Å². The molecule has 0 saturated heterocycles. The molecule has 1 aliphatic rings. The van der Waals surface area contributed by atoms with Gasteiger partial charge in [-0.3, -0.25) is 0 Å². The van der Waals surface area contributed by atoms with Crippen molar-refractivity contribution in [3.05, 3.63) is 65.5 Å². The number of hydrogen-bond acceptors (Lipinski definition) is 3. The van der Waals surface area contributed by atoms with E-state index in [-0.39, 0.29) is 11.4 Å². The number of benzene rings is 2. The number of amides is 2. The molecule has 1 aliphatic heterocycles. The topological polar surface area (TPSA) is 56.7 Å². The van der Waals surface area contributed by atoms with Gasteiger partial charge in [0, 0.05) is 29.5 Å². The number of para-hydroxylation sites is 1. The van der Waals surface area contributed by atoms with Gasteiger partial charge in [0.05, 0.1) is 11.8 Å². The van der Waals surface area contributed by atoms with Crippen LogP contribution < -0.4 is 15.6 Å². The second-order valence-electron chi connectivity index (χ2n) is 7.12. The molecule has 140 valence electrons. The van der Waals surface area contributed by atoms with Gasteiger partial charge in [-0.25, -0.2) is 14.6 Å². The molecule has 0 unspecified atom stereocenters. The third-order valence-corrected chi connectivity index (χ3v) is 4.74. The molecule has 3 rings (SSSR count). The van der Waals surface area contributed by atoms with Gasteiger partial charge in [0.25, 0.3) is 0 Å². The number of anilines is 2. The number of nitrogens with zero attached hydrogens (tertiary/aromatic N) is 2. The molecule has 5 nitrogen and oxygen atoms in total. The highest BCUT2D eigenvalue weighted by molar-refractivity contribution is 5.91. The monoisotopic (exact) mass is 366 g/mol. The lowest BCUT2D eigenvalue weighted by molar-refractivity contribution is 0.252. The number of hydrogen-bond donors (Lipinski definition) is 2. The molecule has 0 atom stereocenters. The van der Waals surface area contributed by atoms with E-state index in [1.807, 2.05) is 37.1 Å². The minimum Gasteiger partial charge on any atom is -0.365 e. The van der Waals surface area contributed by atoms with Crippen molar-refractivity contribution in [1.82, 2.24) is 5.43 Å². The third-order valence-electron chi connectivity index (χ3n) is 4.74. The summed E-state index contributed by atoms with van der Waals surface area (Å²) >= 11 is 0. The molecule has 0 bridgehead atoms. The van der Waals surface area contributed by atoms with Crippen molar-refractivity contribution in [3.63, 3.8) is 0 Å². The van der Waals surface area contributed by atoms with Gasteiger partial charge in [0.15, 0.2) is 0 Å². The molecular formula is C21H23FN4O. The first-order valence-corrected chi connectivity index (χ1v) is 8.70. The van der Waals surface area contributed by atoms with Gasteiger partial charge in [0.2, 0.25) is 0 Å². The zero-order chi connectivity index (χ0) is 19.6. The van der Waals surface area contributed by atoms with Crippen LogP contribution in [0.2, 0.25) is 0 Å². The van der Waals surface area contributed by atoms with Gasteiger partial charge in [-0.1, -0.05) is 24.3 Å². The van der Waals surface area contributed by atoms with E-state index in [1.54, 1.807) is 18.2 Å². The number of nitrogens with one attached hydrogen (secondary N) is 2. The number of allylic oxidation sites excluding steroid dienone is 1. The minimum absolute atomic E-state index is 0.184. The van der Waals surface area contributed by atoms with E-state index in [9.17, 15) is 9.18 Å². The molecule has 0 radical (unpaired) electrons. The van der Waals surface area contributed by atoms with Gasteiger partial charge >= 0.3 is 6.03 Å². The highest BCUT2D eigenvalue weighted by atomic mass is 19.1. The molecule has 0 fully saturated rings. The molecule has 0 aliphatic carbocycles. The van der Waals surface area contributed by atoms with Crippen molar-refractivity contribution in [2.75, 3.05) is 17.3 Å². The lowest BCUT2D eigenvalue weighted by atomic mass is 9.88. The Balaban J connectivity index is 1.76. The molecule has 2 aromatic carbocycles. The molecule has 2 N–H and O–H groups in total. The Morgan fingerprint density at radius 1 is 1.22 bits per heavy atom. The van der Waals surface area contributed by atoms with Crippen LogP contribution in [0.25, 0.3) is 5.57 Å². The minimum atomic E-state index is -0.492. The van der Waals surface area contributed by atoms with Crippen molar-refractivity contribution >= 4 is 29.2 Å². The largest absolute Gasteiger partial charge is 0.365 e. The summed E-state index contributed by atoms with van der Waals surface area (Å²) in [7, 11) is 1.95. The standard InChI is InChI=1S/C21H23FN4O/c1-14-12-21(2,3)26(4)19-11-18(22)15(10-17(14)19)13-23-25-20(27)24-16-8-6-5-7-9-16/h5-13H,1-4H3,(H2,24,25,27)/b23-13+.